The van der Waals surface area contributed by atoms with E-state index < -0.39 is 67.0 Å². The molecule has 4 aliphatic heterocycles. The summed E-state index contributed by atoms with van der Waals surface area (Å²) < 4.78 is 29.1. The molecule has 0 aromatic rings. The standard InChI is InChI=1S/C22H38O11/c1-9-13(23)15(25)17(27)19(30-9)29-8-11-14(24)16(26)18(28)20(31-11)32-12-7-10-5-6-22(12,4)33-21(10,2)3/h9-20,23-28H,5-8H2,1-4H3. The Morgan fingerprint density at radius 1 is 0.818 bits per heavy atom. The van der Waals surface area contributed by atoms with Crippen molar-refractivity contribution in [3.63, 3.8) is 0 Å². The lowest BCUT2D eigenvalue weighted by Crippen LogP contribution is -2.65. The molecule has 5 rings (SSSR count). The van der Waals surface area contributed by atoms with Gasteiger partial charge < -0.3 is 54.3 Å². The summed E-state index contributed by atoms with van der Waals surface area (Å²) in [6.07, 6.45) is -11.0. The van der Waals surface area contributed by atoms with Gasteiger partial charge in [-0.05, 0) is 52.9 Å². The predicted molar refractivity (Wildman–Crippen MR) is 111 cm³/mol. The molecule has 11 heteroatoms. The number of rotatable bonds is 5. The van der Waals surface area contributed by atoms with Crippen molar-refractivity contribution in [3.05, 3.63) is 0 Å². The average molecular weight is 479 g/mol. The van der Waals surface area contributed by atoms with Crippen LogP contribution in [0.5, 0.6) is 0 Å². The van der Waals surface area contributed by atoms with Gasteiger partial charge in [-0.1, -0.05) is 0 Å². The third-order valence-electron chi connectivity index (χ3n) is 7.85. The van der Waals surface area contributed by atoms with Gasteiger partial charge in [0.15, 0.2) is 12.6 Å². The molecular formula is C22H38O11. The van der Waals surface area contributed by atoms with Crippen LogP contribution in [0.4, 0.5) is 0 Å². The Morgan fingerprint density at radius 2 is 1.45 bits per heavy atom. The quantitative estimate of drug-likeness (QED) is 0.269. The minimum absolute atomic E-state index is 0.277. The molecule has 2 bridgehead atoms. The Labute approximate surface area is 193 Å². The number of hydrogen-bond donors (Lipinski definition) is 6. The van der Waals surface area contributed by atoms with E-state index in [2.05, 4.69) is 13.8 Å². The van der Waals surface area contributed by atoms with Crippen LogP contribution in [0.25, 0.3) is 0 Å². The molecule has 5 fully saturated rings. The van der Waals surface area contributed by atoms with Crippen LogP contribution in [0.3, 0.4) is 0 Å². The monoisotopic (exact) mass is 478 g/mol. The van der Waals surface area contributed by atoms with Gasteiger partial charge in [-0.25, -0.2) is 0 Å². The fourth-order valence-electron chi connectivity index (χ4n) is 5.55. The number of hydrogen-bond acceptors (Lipinski definition) is 11. The van der Waals surface area contributed by atoms with Crippen molar-refractivity contribution < 1.29 is 54.3 Å². The van der Waals surface area contributed by atoms with E-state index in [-0.39, 0.29) is 24.2 Å². The van der Waals surface area contributed by atoms with Crippen LogP contribution < -0.4 is 0 Å². The van der Waals surface area contributed by atoms with Crippen LogP contribution >= 0.6 is 0 Å². The van der Waals surface area contributed by atoms with E-state index in [1.165, 1.54) is 6.92 Å². The van der Waals surface area contributed by atoms with E-state index in [0.717, 1.165) is 19.3 Å². The molecule has 1 aliphatic carbocycles. The molecule has 1 saturated carbocycles. The normalized spacial score (nSPS) is 54.4. The van der Waals surface area contributed by atoms with Gasteiger partial charge in [0.05, 0.1) is 30.0 Å². The number of aliphatic hydroxyl groups is 6. The van der Waals surface area contributed by atoms with E-state index in [9.17, 15) is 30.6 Å². The number of ether oxygens (including phenoxy) is 5. The lowest BCUT2D eigenvalue weighted by Gasteiger charge is -2.58. The highest BCUT2D eigenvalue weighted by Gasteiger charge is 2.56. The van der Waals surface area contributed by atoms with Crippen molar-refractivity contribution in [2.24, 2.45) is 5.92 Å². The van der Waals surface area contributed by atoms with E-state index >= 15 is 0 Å². The summed E-state index contributed by atoms with van der Waals surface area (Å²) >= 11 is 0. The molecule has 4 saturated heterocycles. The zero-order chi connectivity index (χ0) is 24.3. The van der Waals surface area contributed by atoms with Gasteiger partial charge in [0.25, 0.3) is 0 Å². The molecule has 11 nitrogen and oxygen atoms in total. The van der Waals surface area contributed by atoms with Crippen molar-refractivity contribution in [2.45, 2.75) is 126 Å². The fraction of sp³-hybridized carbons (Fsp3) is 1.00. The van der Waals surface area contributed by atoms with Gasteiger partial charge in [-0.3, -0.25) is 0 Å². The Hall–Kier alpha value is -0.440. The molecule has 33 heavy (non-hydrogen) atoms. The van der Waals surface area contributed by atoms with E-state index in [1.54, 1.807) is 0 Å². The van der Waals surface area contributed by atoms with Crippen LogP contribution in [0, 0.1) is 5.92 Å². The minimum atomic E-state index is -1.55. The molecule has 0 spiro atoms. The van der Waals surface area contributed by atoms with Gasteiger partial charge in [0.1, 0.15) is 42.7 Å². The van der Waals surface area contributed by atoms with E-state index in [1.807, 2.05) is 6.92 Å². The summed E-state index contributed by atoms with van der Waals surface area (Å²) in [7, 11) is 0. The summed E-state index contributed by atoms with van der Waals surface area (Å²) in [5.41, 5.74) is -0.845. The molecular weight excluding hydrogens is 440 g/mol. The molecule has 13 unspecified atom stereocenters. The van der Waals surface area contributed by atoms with Gasteiger partial charge in [-0.15, -0.1) is 0 Å². The van der Waals surface area contributed by atoms with Crippen molar-refractivity contribution >= 4 is 0 Å². The van der Waals surface area contributed by atoms with Crippen LogP contribution in [-0.2, 0) is 23.7 Å². The highest BCUT2D eigenvalue weighted by atomic mass is 16.7. The molecule has 6 N–H and O–H groups in total. The summed E-state index contributed by atoms with van der Waals surface area (Å²) in [5, 5.41) is 61.2. The maximum absolute atomic E-state index is 10.5. The van der Waals surface area contributed by atoms with Crippen LogP contribution in [0.2, 0.25) is 0 Å². The van der Waals surface area contributed by atoms with Crippen LogP contribution in [0.15, 0.2) is 0 Å². The summed E-state index contributed by atoms with van der Waals surface area (Å²) in [4.78, 5) is 0. The lowest BCUT2D eigenvalue weighted by atomic mass is 9.67. The largest absolute Gasteiger partial charge is 0.388 e. The summed E-state index contributed by atoms with van der Waals surface area (Å²) in [5.74, 6) is 0.286. The SMILES string of the molecule is CC1OC(OCC2OC(OC3CC4CCC3(C)OC4(C)C)C(O)C(O)C2O)C(O)C(O)C1O. The molecule has 5 aliphatic rings. The second-order valence-electron chi connectivity index (χ2n) is 10.6. The molecule has 0 amide bonds. The zero-order valence-corrected chi connectivity index (χ0v) is 19.5. The van der Waals surface area contributed by atoms with Crippen molar-refractivity contribution in [2.75, 3.05) is 6.61 Å². The van der Waals surface area contributed by atoms with Gasteiger partial charge in [0.2, 0.25) is 0 Å². The molecule has 13 atom stereocenters. The molecule has 0 aromatic heterocycles. The van der Waals surface area contributed by atoms with Crippen LogP contribution in [0.1, 0.15) is 47.0 Å². The first-order chi connectivity index (χ1) is 15.3. The van der Waals surface area contributed by atoms with Crippen molar-refractivity contribution in [1.82, 2.24) is 0 Å². The predicted octanol–water partition coefficient (Wildman–Crippen LogP) is -1.61. The van der Waals surface area contributed by atoms with Gasteiger partial charge >= 0.3 is 0 Å². The zero-order valence-electron chi connectivity index (χ0n) is 19.5. The first kappa shape index (κ1) is 25.6. The van der Waals surface area contributed by atoms with E-state index in [4.69, 9.17) is 23.7 Å². The Kier molecular flexibility index (Phi) is 7.16. The Morgan fingerprint density at radius 3 is 2.09 bits per heavy atom. The molecule has 4 heterocycles. The Bertz CT molecular complexity index is 691. The highest BCUT2D eigenvalue weighted by Crippen LogP contribution is 2.51. The summed E-state index contributed by atoms with van der Waals surface area (Å²) in [6, 6.07) is 0. The number of fused-ring (bicyclic) bond motifs is 3. The second kappa shape index (κ2) is 9.21. The first-order valence-electron chi connectivity index (χ1n) is 11.7. The minimum Gasteiger partial charge on any atom is -0.388 e. The highest BCUT2D eigenvalue weighted by molar-refractivity contribution is 5.04. The third kappa shape index (κ3) is 4.70. The molecule has 0 radical (unpaired) electrons. The third-order valence-corrected chi connectivity index (χ3v) is 7.85. The maximum Gasteiger partial charge on any atom is 0.187 e. The molecule has 0 aromatic carbocycles. The smallest absolute Gasteiger partial charge is 0.187 e. The molecule has 192 valence electrons. The van der Waals surface area contributed by atoms with Gasteiger partial charge in [0, 0.05) is 0 Å². The van der Waals surface area contributed by atoms with Crippen LogP contribution in [-0.4, -0.2) is 116 Å². The van der Waals surface area contributed by atoms with Gasteiger partial charge in [-0.2, -0.15) is 0 Å². The number of aliphatic hydroxyl groups excluding tert-OH is 6. The summed E-state index contributed by atoms with van der Waals surface area (Å²) in [6.45, 7) is 7.29. The maximum atomic E-state index is 10.5. The fourth-order valence-corrected chi connectivity index (χ4v) is 5.55. The van der Waals surface area contributed by atoms with E-state index in [0.29, 0.717) is 0 Å². The average Bonchev–Trinajstić information content (AvgIpc) is 2.75. The van der Waals surface area contributed by atoms with Crippen molar-refractivity contribution in [3.8, 4) is 0 Å². The first-order valence-corrected chi connectivity index (χ1v) is 11.7. The topological polar surface area (TPSA) is 168 Å². The second-order valence-corrected chi connectivity index (χ2v) is 10.6. The lowest BCUT2D eigenvalue weighted by molar-refractivity contribution is -0.360. The van der Waals surface area contributed by atoms with Crippen molar-refractivity contribution in [1.29, 1.82) is 0 Å². The Balaban J connectivity index is 1.39.